The van der Waals surface area contributed by atoms with Crippen LogP contribution in [0.3, 0.4) is 0 Å². The van der Waals surface area contributed by atoms with E-state index in [-0.39, 0.29) is 6.61 Å². The molecule has 13 heteroatoms. The Kier molecular flexibility index (Phi) is 6.56. The van der Waals surface area contributed by atoms with Crippen LogP contribution < -0.4 is 11.2 Å². The topological polar surface area (TPSA) is 120 Å². The molecule has 3 atom stereocenters. The van der Waals surface area contributed by atoms with Crippen molar-refractivity contribution < 1.29 is 23.2 Å². The van der Waals surface area contributed by atoms with Crippen molar-refractivity contribution in [2.45, 2.75) is 23.0 Å². The molecule has 0 aliphatic carbocycles. The third kappa shape index (κ3) is 6.23. The van der Waals surface area contributed by atoms with Crippen molar-refractivity contribution in [3.05, 3.63) is 44.8 Å². The van der Waals surface area contributed by atoms with E-state index >= 15 is 0 Å². The minimum Gasteiger partial charge on any atom is -0.344 e. The fraction of sp³-hybridized carbons (Fsp3) is 0.500. The van der Waals surface area contributed by atoms with Crippen LogP contribution in [-0.2, 0) is 18.3 Å². The quantitative estimate of drug-likeness (QED) is 0.397. The van der Waals surface area contributed by atoms with Gasteiger partial charge in [0.2, 0.25) is 3.79 Å². The maximum absolute atomic E-state index is 11.8. The van der Waals surface area contributed by atoms with Crippen LogP contribution in [0.15, 0.2) is 27.9 Å². The lowest BCUT2D eigenvalue weighted by molar-refractivity contribution is -0.0123. The Balaban J connectivity index is 1.93. The Hall–Kier alpha value is -0.640. The average molecular weight is 436 g/mol. The molecule has 2 heterocycles. The highest BCUT2D eigenvalue weighted by Gasteiger charge is 2.31. The third-order valence-corrected chi connectivity index (χ3v) is 4.28. The molecule has 9 nitrogen and oxygen atoms in total. The van der Waals surface area contributed by atoms with Gasteiger partial charge >= 0.3 is 13.5 Å². The van der Waals surface area contributed by atoms with Crippen LogP contribution in [0.1, 0.15) is 11.8 Å². The number of aromatic amines is 1. The Morgan fingerprint density at radius 2 is 2.04 bits per heavy atom. The molecule has 1 aromatic heterocycles. The van der Waals surface area contributed by atoms with Crippen molar-refractivity contribution in [3.63, 3.8) is 0 Å². The third-order valence-electron chi connectivity index (χ3n) is 3.02. The Morgan fingerprint density at radius 1 is 1.36 bits per heavy atom. The molecule has 0 saturated carbocycles. The molecule has 0 bridgehead atoms. The number of phosphoric acid groups is 1. The molecule has 1 aliphatic heterocycles. The number of ether oxygens (including phenoxy) is 1. The summed E-state index contributed by atoms with van der Waals surface area (Å²) in [7, 11) is -4.44. The Labute approximate surface area is 156 Å². The molecule has 1 aromatic rings. The molecule has 0 radical (unpaired) electrons. The summed E-state index contributed by atoms with van der Waals surface area (Å²) in [5.41, 5.74) is -0.808. The van der Waals surface area contributed by atoms with E-state index in [4.69, 9.17) is 44.1 Å². The SMILES string of the molecule is Cc1cn([C@H]2C=C[C@@H](COP(=O)(O)OCC(Cl)(Cl)Cl)O2)c(=O)[nH]c1=O. The fourth-order valence-electron chi connectivity index (χ4n) is 1.88. The fourth-order valence-corrected chi connectivity index (χ4v) is 3.04. The molecule has 2 rings (SSSR count). The first-order valence-corrected chi connectivity index (χ1v) is 9.44. The van der Waals surface area contributed by atoms with Crippen molar-refractivity contribution in [3.8, 4) is 0 Å². The van der Waals surface area contributed by atoms with Gasteiger partial charge in [0.15, 0.2) is 6.23 Å². The number of alkyl halides is 3. The summed E-state index contributed by atoms with van der Waals surface area (Å²) in [5.74, 6) is 0. The standard InChI is InChI=1S/C12H14Cl3N2O7P/c1-7-4-17(11(19)16-10(7)18)9-3-2-8(24-9)5-22-25(20,21)23-6-12(13,14)15/h2-4,8-9H,5-6H2,1H3,(H,20,21)(H,16,18,19)/t8-,9+/m0/s1. The van der Waals surface area contributed by atoms with Crippen LogP contribution in [0.4, 0.5) is 0 Å². The van der Waals surface area contributed by atoms with Gasteiger partial charge in [-0.05, 0) is 13.0 Å². The zero-order valence-electron chi connectivity index (χ0n) is 12.7. The van der Waals surface area contributed by atoms with Gasteiger partial charge in [0.25, 0.3) is 5.56 Å². The van der Waals surface area contributed by atoms with Gasteiger partial charge in [-0.1, -0.05) is 40.9 Å². The monoisotopic (exact) mass is 434 g/mol. The van der Waals surface area contributed by atoms with E-state index in [1.807, 2.05) is 0 Å². The smallest absolute Gasteiger partial charge is 0.344 e. The number of phosphoric ester groups is 1. The normalized spacial score (nSPS) is 22.9. The van der Waals surface area contributed by atoms with Crippen LogP contribution in [0.2, 0.25) is 0 Å². The van der Waals surface area contributed by atoms with Gasteiger partial charge < -0.3 is 9.63 Å². The Bertz CT molecular complexity index is 816. The highest BCUT2D eigenvalue weighted by Crippen LogP contribution is 2.46. The predicted molar refractivity (Wildman–Crippen MR) is 91.1 cm³/mol. The summed E-state index contributed by atoms with van der Waals surface area (Å²) in [4.78, 5) is 34.8. The number of aromatic nitrogens is 2. The largest absolute Gasteiger partial charge is 0.472 e. The first-order valence-electron chi connectivity index (χ1n) is 6.81. The summed E-state index contributed by atoms with van der Waals surface area (Å²) in [6, 6.07) is 0. The molecule has 0 fully saturated rings. The van der Waals surface area contributed by atoms with E-state index in [0.717, 1.165) is 0 Å². The summed E-state index contributed by atoms with van der Waals surface area (Å²) in [5, 5.41) is 0. The number of H-pyrrole nitrogens is 1. The van der Waals surface area contributed by atoms with E-state index in [9.17, 15) is 19.0 Å². The lowest BCUT2D eigenvalue weighted by Gasteiger charge is -2.19. The second-order valence-electron chi connectivity index (χ2n) is 5.08. The second kappa shape index (κ2) is 7.94. The second-order valence-corrected chi connectivity index (χ2v) is 9.05. The van der Waals surface area contributed by atoms with Crippen molar-refractivity contribution in [1.29, 1.82) is 0 Å². The molecular weight excluding hydrogens is 421 g/mol. The van der Waals surface area contributed by atoms with Crippen LogP contribution >= 0.6 is 42.6 Å². The van der Waals surface area contributed by atoms with Crippen LogP contribution in [0.25, 0.3) is 0 Å². The van der Waals surface area contributed by atoms with Gasteiger partial charge in [-0.15, -0.1) is 0 Å². The van der Waals surface area contributed by atoms with Gasteiger partial charge in [0.05, 0.1) is 6.61 Å². The number of hydrogen-bond acceptors (Lipinski definition) is 6. The molecule has 25 heavy (non-hydrogen) atoms. The van der Waals surface area contributed by atoms with Crippen molar-refractivity contribution in [2.24, 2.45) is 0 Å². The molecular formula is C12H14Cl3N2O7P. The number of nitrogens with one attached hydrogen (secondary N) is 1. The summed E-state index contributed by atoms with van der Waals surface area (Å²) >= 11 is 16.3. The number of nitrogens with zero attached hydrogens (tertiary/aromatic N) is 1. The van der Waals surface area contributed by atoms with Gasteiger partial charge in [-0.2, -0.15) is 0 Å². The predicted octanol–water partition coefficient (Wildman–Crippen LogP) is 1.80. The molecule has 140 valence electrons. The summed E-state index contributed by atoms with van der Waals surface area (Å²) in [6.07, 6.45) is 2.91. The zero-order valence-corrected chi connectivity index (χ0v) is 15.9. The summed E-state index contributed by atoms with van der Waals surface area (Å²) < 4.78 is 25.8. The molecule has 0 spiro atoms. The van der Waals surface area contributed by atoms with E-state index in [2.05, 4.69) is 9.51 Å². The van der Waals surface area contributed by atoms with E-state index in [1.54, 1.807) is 0 Å². The van der Waals surface area contributed by atoms with Gasteiger partial charge in [0, 0.05) is 11.8 Å². The lowest BCUT2D eigenvalue weighted by Crippen LogP contribution is -2.33. The summed E-state index contributed by atoms with van der Waals surface area (Å²) in [6.45, 7) is 0.567. The van der Waals surface area contributed by atoms with E-state index in [0.29, 0.717) is 5.56 Å². The molecule has 1 aliphatic rings. The number of hydrogen-bond donors (Lipinski definition) is 2. The van der Waals surface area contributed by atoms with Crippen molar-refractivity contribution in [2.75, 3.05) is 13.2 Å². The molecule has 0 saturated heterocycles. The molecule has 2 N–H and O–H groups in total. The minimum atomic E-state index is -4.44. The van der Waals surface area contributed by atoms with Gasteiger partial charge in [0.1, 0.15) is 12.7 Å². The molecule has 1 unspecified atom stereocenters. The van der Waals surface area contributed by atoms with Crippen molar-refractivity contribution >= 4 is 42.6 Å². The maximum Gasteiger partial charge on any atom is 0.472 e. The Morgan fingerprint density at radius 3 is 2.68 bits per heavy atom. The highest BCUT2D eigenvalue weighted by atomic mass is 35.6. The number of aryl methyl sites for hydroxylation is 1. The van der Waals surface area contributed by atoms with Crippen molar-refractivity contribution in [1.82, 2.24) is 9.55 Å². The van der Waals surface area contributed by atoms with E-state index < -0.39 is 41.8 Å². The minimum absolute atomic E-state index is 0.330. The molecule has 0 amide bonds. The van der Waals surface area contributed by atoms with E-state index in [1.165, 1.54) is 29.8 Å². The van der Waals surface area contributed by atoms with Crippen LogP contribution in [0.5, 0.6) is 0 Å². The first-order chi connectivity index (χ1) is 11.5. The first kappa shape index (κ1) is 20.7. The van der Waals surface area contributed by atoms with Crippen LogP contribution in [0, 0.1) is 6.92 Å². The zero-order chi connectivity index (χ0) is 18.8. The number of rotatable bonds is 6. The lowest BCUT2D eigenvalue weighted by atomic mass is 10.3. The highest BCUT2D eigenvalue weighted by molar-refractivity contribution is 7.47. The average Bonchev–Trinajstić information content (AvgIpc) is 2.95. The molecule has 0 aromatic carbocycles. The maximum atomic E-state index is 11.8. The number of halogens is 3. The van der Waals surface area contributed by atoms with Gasteiger partial charge in [-0.25, -0.2) is 9.36 Å². The van der Waals surface area contributed by atoms with Gasteiger partial charge in [-0.3, -0.25) is 23.4 Å². The van der Waals surface area contributed by atoms with Crippen LogP contribution in [-0.4, -0.2) is 37.6 Å².